The number of anilines is 1. The van der Waals surface area contributed by atoms with Crippen molar-refractivity contribution in [3.05, 3.63) is 106 Å². The van der Waals surface area contributed by atoms with Gasteiger partial charge in [0.1, 0.15) is 5.76 Å². The van der Waals surface area contributed by atoms with E-state index in [0.717, 1.165) is 16.7 Å². The largest absolute Gasteiger partial charge is 0.507 e. The van der Waals surface area contributed by atoms with Gasteiger partial charge in [0, 0.05) is 16.3 Å². The van der Waals surface area contributed by atoms with Crippen molar-refractivity contribution in [2.24, 2.45) is 0 Å². The van der Waals surface area contributed by atoms with Gasteiger partial charge >= 0.3 is 0 Å². The number of ketones is 1. The van der Waals surface area contributed by atoms with E-state index in [1.165, 1.54) is 4.90 Å². The third-order valence-corrected chi connectivity index (χ3v) is 6.25. The predicted octanol–water partition coefficient (Wildman–Crippen LogP) is 6.40. The van der Waals surface area contributed by atoms with Gasteiger partial charge in [0.25, 0.3) is 11.7 Å². The molecule has 3 aromatic rings. The molecule has 1 aliphatic heterocycles. The summed E-state index contributed by atoms with van der Waals surface area (Å²) in [6, 6.07) is 21.1. The highest BCUT2D eigenvalue weighted by molar-refractivity contribution is 6.51. The van der Waals surface area contributed by atoms with Crippen molar-refractivity contribution in [1.82, 2.24) is 0 Å². The number of hydrogen-bond acceptors (Lipinski definition) is 3. The van der Waals surface area contributed by atoms with Crippen LogP contribution >= 0.6 is 11.6 Å². The molecule has 1 atom stereocenters. The number of carbonyl (C=O) groups excluding carboxylic acids is 2. The second kappa shape index (κ2) is 8.64. The minimum absolute atomic E-state index is 0.0650. The molecule has 162 valence electrons. The van der Waals surface area contributed by atoms with Crippen LogP contribution in [0.15, 0.2) is 78.4 Å². The van der Waals surface area contributed by atoms with Gasteiger partial charge in [0.15, 0.2) is 0 Å². The molecular formula is C27H24ClNO3. The molecular weight excluding hydrogens is 422 g/mol. The number of halogens is 1. The molecule has 0 radical (unpaired) electrons. The summed E-state index contributed by atoms with van der Waals surface area (Å²) in [6.07, 6.45) is 0. The Morgan fingerprint density at radius 2 is 1.62 bits per heavy atom. The van der Waals surface area contributed by atoms with E-state index in [1.807, 2.05) is 43.3 Å². The quantitative estimate of drug-likeness (QED) is 0.287. The molecule has 1 saturated heterocycles. The zero-order valence-corrected chi connectivity index (χ0v) is 18.9. The van der Waals surface area contributed by atoms with E-state index in [1.54, 1.807) is 36.4 Å². The number of benzene rings is 3. The molecule has 0 unspecified atom stereocenters. The van der Waals surface area contributed by atoms with Crippen molar-refractivity contribution in [3.63, 3.8) is 0 Å². The summed E-state index contributed by atoms with van der Waals surface area (Å²) in [7, 11) is 0. The Bertz CT molecular complexity index is 1210. The summed E-state index contributed by atoms with van der Waals surface area (Å²) in [4.78, 5) is 27.8. The van der Waals surface area contributed by atoms with Crippen LogP contribution < -0.4 is 4.90 Å². The van der Waals surface area contributed by atoms with Crippen LogP contribution in [0.4, 0.5) is 5.69 Å². The molecule has 5 heteroatoms. The Labute approximate surface area is 192 Å². The molecule has 0 aliphatic carbocycles. The minimum Gasteiger partial charge on any atom is -0.507 e. The zero-order chi connectivity index (χ0) is 23.0. The van der Waals surface area contributed by atoms with Crippen molar-refractivity contribution in [1.29, 1.82) is 0 Å². The molecule has 0 spiro atoms. The van der Waals surface area contributed by atoms with Crippen LogP contribution in [0.2, 0.25) is 5.02 Å². The number of carbonyl (C=O) groups is 2. The lowest BCUT2D eigenvalue weighted by molar-refractivity contribution is -0.132. The smallest absolute Gasteiger partial charge is 0.300 e. The van der Waals surface area contributed by atoms with Crippen LogP contribution in [-0.4, -0.2) is 16.8 Å². The Kier molecular flexibility index (Phi) is 5.90. The lowest BCUT2D eigenvalue weighted by atomic mass is 9.93. The predicted molar refractivity (Wildman–Crippen MR) is 128 cm³/mol. The van der Waals surface area contributed by atoms with Crippen LogP contribution in [0, 0.1) is 6.92 Å². The average Bonchev–Trinajstić information content (AvgIpc) is 3.06. The van der Waals surface area contributed by atoms with Gasteiger partial charge in [0.2, 0.25) is 0 Å². The number of aliphatic hydroxyl groups excluding tert-OH is 1. The number of aryl methyl sites for hydroxylation is 1. The number of nitrogens with zero attached hydrogens (tertiary/aromatic N) is 1. The first-order valence-corrected chi connectivity index (χ1v) is 10.9. The summed E-state index contributed by atoms with van der Waals surface area (Å²) in [5, 5.41) is 11.6. The van der Waals surface area contributed by atoms with E-state index in [2.05, 4.69) is 13.8 Å². The van der Waals surface area contributed by atoms with Gasteiger partial charge in [-0.1, -0.05) is 86.1 Å². The second-order valence-electron chi connectivity index (χ2n) is 8.29. The number of amides is 1. The number of hydrogen-bond donors (Lipinski definition) is 1. The standard InChI is InChI=1S/C27H24ClNO3/c1-16(2)18-10-12-19(13-11-18)24-23(25(30)20-7-5-4-6-8-20)26(31)27(32)29(24)21-14-9-17(3)22(28)15-21/h4-16,24,30H,1-3H3/b25-23+/t24-/m0/s1. The van der Waals surface area contributed by atoms with E-state index < -0.39 is 17.7 Å². The topological polar surface area (TPSA) is 57.6 Å². The Hall–Kier alpha value is -3.37. The maximum absolute atomic E-state index is 13.2. The van der Waals surface area contributed by atoms with Crippen molar-refractivity contribution in [2.75, 3.05) is 4.90 Å². The number of Topliss-reactive ketones (excluding diaryl/α,β-unsaturated/α-hetero) is 1. The fraction of sp³-hybridized carbons (Fsp3) is 0.185. The van der Waals surface area contributed by atoms with Gasteiger partial charge in [0.05, 0.1) is 11.6 Å². The minimum atomic E-state index is -0.768. The SMILES string of the molecule is Cc1ccc(N2C(=O)C(=O)/C(=C(/O)c3ccccc3)[C@@H]2c2ccc(C(C)C)cc2)cc1Cl. The van der Waals surface area contributed by atoms with Crippen LogP contribution in [0.5, 0.6) is 0 Å². The van der Waals surface area contributed by atoms with Crippen LogP contribution in [-0.2, 0) is 9.59 Å². The van der Waals surface area contributed by atoms with Gasteiger partial charge in [-0.15, -0.1) is 0 Å². The summed E-state index contributed by atoms with van der Waals surface area (Å²) >= 11 is 6.34. The highest BCUT2D eigenvalue weighted by Crippen LogP contribution is 2.43. The van der Waals surface area contributed by atoms with E-state index in [0.29, 0.717) is 22.2 Å². The van der Waals surface area contributed by atoms with Gasteiger partial charge in [-0.2, -0.15) is 0 Å². The first-order valence-electron chi connectivity index (χ1n) is 10.5. The summed E-state index contributed by atoms with van der Waals surface area (Å²) in [5.41, 5.74) is 3.81. The maximum atomic E-state index is 13.2. The summed E-state index contributed by atoms with van der Waals surface area (Å²) in [6.45, 7) is 6.08. The maximum Gasteiger partial charge on any atom is 0.300 e. The van der Waals surface area contributed by atoms with Gasteiger partial charge in [-0.25, -0.2) is 0 Å². The summed E-state index contributed by atoms with van der Waals surface area (Å²) in [5.74, 6) is -1.26. The molecule has 1 N–H and O–H groups in total. The highest BCUT2D eigenvalue weighted by Gasteiger charge is 2.47. The zero-order valence-electron chi connectivity index (χ0n) is 18.2. The molecule has 0 saturated carbocycles. The van der Waals surface area contributed by atoms with Crippen molar-refractivity contribution >= 4 is 34.7 Å². The van der Waals surface area contributed by atoms with E-state index in [-0.39, 0.29) is 11.3 Å². The van der Waals surface area contributed by atoms with Gasteiger partial charge < -0.3 is 5.11 Å². The second-order valence-corrected chi connectivity index (χ2v) is 8.70. The van der Waals surface area contributed by atoms with Crippen molar-refractivity contribution in [3.8, 4) is 0 Å². The average molecular weight is 446 g/mol. The van der Waals surface area contributed by atoms with E-state index in [4.69, 9.17) is 11.6 Å². The lowest BCUT2D eigenvalue weighted by Gasteiger charge is -2.26. The van der Waals surface area contributed by atoms with Crippen LogP contribution in [0.3, 0.4) is 0 Å². The monoisotopic (exact) mass is 445 g/mol. The molecule has 0 bridgehead atoms. The van der Waals surface area contributed by atoms with Gasteiger partial charge in [-0.3, -0.25) is 14.5 Å². The van der Waals surface area contributed by atoms with E-state index in [9.17, 15) is 14.7 Å². The Morgan fingerprint density at radius 1 is 0.969 bits per heavy atom. The molecule has 3 aromatic carbocycles. The first kappa shape index (κ1) is 21.8. The molecule has 4 rings (SSSR count). The molecule has 4 nitrogen and oxygen atoms in total. The molecule has 1 aliphatic rings. The number of aliphatic hydroxyl groups is 1. The molecule has 32 heavy (non-hydrogen) atoms. The lowest BCUT2D eigenvalue weighted by Crippen LogP contribution is -2.29. The van der Waals surface area contributed by atoms with E-state index >= 15 is 0 Å². The molecule has 1 heterocycles. The molecule has 1 amide bonds. The normalized spacial score (nSPS) is 17.9. The Balaban J connectivity index is 1.93. The van der Waals surface area contributed by atoms with Crippen LogP contribution in [0.1, 0.15) is 48.1 Å². The third-order valence-electron chi connectivity index (χ3n) is 5.84. The third kappa shape index (κ3) is 3.82. The van der Waals surface area contributed by atoms with Crippen LogP contribution in [0.25, 0.3) is 5.76 Å². The van der Waals surface area contributed by atoms with Crippen molar-refractivity contribution < 1.29 is 14.7 Å². The van der Waals surface area contributed by atoms with Gasteiger partial charge in [-0.05, 0) is 41.7 Å². The Morgan fingerprint density at radius 3 is 2.22 bits per heavy atom. The molecule has 1 fully saturated rings. The summed E-state index contributed by atoms with van der Waals surface area (Å²) < 4.78 is 0. The fourth-order valence-electron chi connectivity index (χ4n) is 3.96. The van der Waals surface area contributed by atoms with Crippen molar-refractivity contribution in [2.45, 2.75) is 32.7 Å². The fourth-order valence-corrected chi connectivity index (χ4v) is 4.14. The highest BCUT2D eigenvalue weighted by atomic mass is 35.5. The molecule has 0 aromatic heterocycles. The first-order chi connectivity index (χ1) is 15.3. The number of rotatable bonds is 4.